The van der Waals surface area contributed by atoms with Gasteiger partial charge in [-0.2, -0.15) is 5.10 Å². The van der Waals surface area contributed by atoms with Gasteiger partial charge in [0, 0.05) is 6.21 Å². The number of benzene rings is 1. The van der Waals surface area contributed by atoms with Gasteiger partial charge in [0.15, 0.2) is 0 Å². The van der Waals surface area contributed by atoms with Crippen molar-refractivity contribution >= 4 is 33.8 Å². The fraction of sp³-hybridized carbons (Fsp3) is 0.385. The van der Waals surface area contributed by atoms with Crippen molar-refractivity contribution in [2.24, 2.45) is 11.0 Å². The molecule has 0 aliphatic carbocycles. The van der Waals surface area contributed by atoms with Crippen LogP contribution in [0.4, 0.5) is 5.69 Å². The lowest BCUT2D eigenvalue weighted by molar-refractivity contribution is -0.139. The molecule has 1 aliphatic heterocycles. The minimum Gasteiger partial charge on any atom is -0.481 e. The zero-order valence-corrected chi connectivity index (χ0v) is 12.0. The summed E-state index contributed by atoms with van der Waals surface area (Å²) in [6.45, 7) is 4.00. The van der Waals surface area contributed by atoms with Crippen molar-refractivity contribution in [1.82, 2.24) is 0 Å². The Balaban J connectivity index is 0.000000771. The third kappa shape index (κ3) is 3.57. The minimum atomic E-state index is -0.832. The van der Waals surface area contributed by atoms with Gasteiger partial charge in [0.05, 0.1) is 11.6 Å². The summed E-state index contributed by atoms with van der Waals surface area (Å²) < 4.78 is 0. The van der Waals surface area contributed by atoms with E-state index in [1.165, 1.54) is 6.21 Å². The molecule has 18 heavy (non-hydrogen) atoms. The molecule has 1 heterocycles. The van der Waals surface area contributed by atoms with Gasteiger partial charge in [-0.1, -0.05) is 48.0 Å². The number of nitrogens with zero attached hydrogens (tertiary/aromatic N) is 2. The third-order valence-electron chi connectivity index (χ3n) is 2.42. The predicted octanol–water partition coefficient (Wildman–Crippen LogP) is 3.33. The number of anilines is 1. The number of carboxylic acid groups (broad SMARTS) is 1. The van der Waals surface area contributed by atoms with Crippen molar-refractivity contribution in [3.8, 4) is 0 Å². The Morgan fingerprint density at radius 2 is 2.00 bits per heavy atom. The van der Waals surface area contributed by atoms with Crippen molar-refractivity contribution in [2.75, 3.05) is 5.01 Å². The van der Waals surface area contributed by atoms with Crippen molar-refractivity contribution < 1.29 is 9.90 Å². The number of hydrazone groups is 1. The van der Waals surface area contributed by atoms with Gasteiger partial charge in [0.2, 0.25) is 0 Å². The predicted molar refractivity (Wildman–Crippen MR) is 77.2 cm³/mol. The van der Waals surface area contributed by atoms with Gasteiger partial charge in [-0.15, -0.1) is 0 Å². The topological polar surface area (TPSA) is 52.9 Å². The molecule has 98 valence electrons. The number of carboxylic acids is 1. The lowest BCUT2D eigenvalue weighted by Crippen LogP contribution is -2.35. The Kier molecular flexibility index (Phi) is 5.85. The highest BCUT2D eigenvalue weighted by atomic mass is 79.9. The number of para-hydroxylation sites is 1. The second-order valence-electron chi connectivity index (χ2n) is 3.56. The Bertz CT molecular complexity index is 409. The maximum Gasteiger partial charge on any atom is 0.312 e. The van der Waals surface area contributed by atoms with Crippen LogP contribution >= 0.6 is 15.9 Å². The van der Waals surface area contributed by atoms with Crippen LogP contribution in [-0.4, -0.2) is 22.2 Å². The van der Waals surface area contributed by atoms with Crippen LogP contribution in [0.25, 0.3) is 0 Å². The molecule has 2 rings (SSSR count). The minimum absolute atomic E-state index is 0.0824. The molecular formula is C13H17BrN2O2. The van der Waals surface area contributed by atoms with Crippen molar-refractivity contribution in [3.05, 3.63) is 30.3 Å². The number of aliphatic carboxylic acids is 1. The molecule has 0 amide bonds. The van der Waals surface area contributed by atoms with Crippen LogP contribution < -0.4 is 5.01 Å². The molecule has 0 radical (unpaired) electrons. The van der Waals surface area contributed by atoms with E-state index in [2.05, 4.69) is 21.0 Å². The lowest BCUT2D eigenvalue weighted by Gasteiger charge is -2.29. The first-order valence-corrected chi connectivity index (χ1v) is 6.85. The zero-order chi connectivity index (χ0) is 13.5. The second kappa shape index (κ2) is 7.16. The fourth-order valence-electron chi connectivity index (χ4n) is 1.57. The Labute approximate surface area is 115 Å². The number of carbonyl (C=O) groups is 1. The van der Waals surface area contributed by atoms with Crippen molar-refractivity contribution in [1.29, 1.82) is 0 Å². The molecule has 0 bridgehead atoms. The number of halogens is 1. The van der Waals surface area contributed by atoms with E-state index in [0.717, 1.165) is 5.69 Å². The van der Waals surface area contributed by atoms with Gasteiger partial charge in [-0.25, -0.2) is 0 Å². The quantitative estimate of drug-likeness (QED) is 0.673. The number of alkyl halides is 1. The second-order valence-corrected chi connectivity index (χ2v) is 4.62. The van der Waals surface area contributed by atoms with Gasteiger partial charge in [-0.3, -0.25) is 9.80 Å². The van der Waals surface area contributed by atoms with Gasteiger partial charge in [0.25, 0.3) is 0 Å². The van der Waals surface area contributed by atoms with Crippen LogP contribution in [0.5, 0.6) is 0 Å². The Morgan fingerprint density at radius 3 is 2.50 bits per heavy atom. The molecule has 1 aromatic rings. The van der Waals surface area contributed by atoms with Gasteiger partial charge < -0.3 is 5.11 Å². The maximum atomic E-state index is 10.8. The van der Waals surface area contributed by atoms with Crippen molar-refractivity contribution in [2.45, 2.75) is 25.2 Å². The fourth-order valence-corrected chi connectivity index (χ4v) is 2.31. The van der Waals surface area contributed by atoms with E-state index in [1.54, 1.807) is 5.01 Å². The van der Waals surface area contributed by atoms with Crippen LogP contribution in [0, 0.1) is 5.92 Å². The van der Waals surface area contributed by atoms with Gasteiger partial charge >= 0.3 is 5.97 Å². The smallest absolute Gasteiger partial charge is 0.312 e. The van der Waals surface area contributed by atoms with E-state index < -0.39 is 11.9 Å². The normalized spacial score (nSPS) is 22.1. The highest BCUT2D eigenvalue weighted by Crippen LogP contribution is 2.27. The van der Waals surface area contributed by atoms with E-state index in [0.29, 0.717) is 6.42 Å². The van der Waals surface area contributed by atoms with E-state index >= 15 is 0 Å². The summed E-state index contributed by atoms with van der Waals surface area (Å²) in [5.74, 6) is -1.34. The zero-order valence-electron chi connectivity index (χ0n) is 10.5. The first-order chi connectivity index (χ1) is 8.68. The molecule has 5 heteroatoms. The van der Waals surface area contributed by atoms with E-state index in [1.807, 2.05) is 44.2 Å². The molecule has 0 saturated carbocycles. The number of hydrogen-bond donors (Lipinski definition) is 1. The maximum absolute atomic E-state index is 10.8. The summed E-state index contributed by atoms with van der Waals surface area (Å²) in [7, 11) is 0. The highest BCUT2D eigenvalue weighted by Gasteiger charge is 2.28. The number of rotatable bonds is 2. The third-order valence-corrected chi connectivity index (χ3v) is 3.18. The molecule has 2 unspecified atom stereocenters. The molecule has 0 spiro atoms. The first-order valence-electron chi connectivity index (χ1n) is 5.94. The molecule has 4 nitrogen and oxygen atoms in total. The summed E-state index contributed by atoms with van der Waals surface area (Å²) in [6, 6.07) is 9.65. The average molecular weight is 313 g/mol. The molecule has 1 aliphatic rings. The Morgan fingerprint density at radius 1 is 1.39 bits per heavy atom. The van der Waals surface area contributed by atoms with Crippen LogP contribution in [0.2, 0.25) is 0 Å². The van der Waals surface area contributed by atoms with Crippen LogP contribution in [0.1, 0.15) is 20.3 Å². The highest BCUT2D eigenvalue weighted by molar-refractivity contribution is 9.09. The number of hydrogen-bond acceptors (Lipinski definition) is 3. The van der Waals surface area contributed by atoms with E-state index in [-0.39, 0.29) is 4.95 Å². The summed E-state index contributed by atoms with van der Waals surface area (Å²) in [6.07, 6.45) is 1.99. The molecule has 0 aromatic heterocycles. The molecule has 0 saturated heterocycles. The molecule has 1 aromatic carbocycles. The summed E-state index contributed by atoms with van der Waals surface area (Å²) in [4.78, 5) is 10.7. The summed E-state index contributed by atoms with van der Waals surface area (Å²) >= 11 is 3.45. The molecule has 1 N–H and O–H groups in total. The van der Waals surface area contributed by atoms with Crippen LogP contribution in [0.15, 0.2) is 35.4 Å². The standard InChI is InChI=1S/C11H11BrN2O2.C2H6/c12-10-6-8(11(15)16)7-13-14(10)9-4-2-1-3-5-9;1-2/h1-5,7-8,10H,6H2,(H,15,16);1-2H3. The largest absolute Gasteiger partial charge is 0.481 e. The average Bonchev–Trinajstić information content (AvgIpc) is 2.42. The first kappa shape index (κ1) is 14.7. The van der Waals surface area contributed by atoms with Crippen LogP contribution in [0.3, 0.4) is 0 Å². The molecule has 0 fully saturated rings. The van der Waals surface area contributed by atoms with Gasteiger partial charge in [-0.05, 0) is 18.6 Å². The van der Waals surface area contributed by atoms with Gasteiger partial charge in [0.1, 0.15) is 4.95 Å². The lowest BCUT2D eigenvalue weighted by atomic mass is 10.1. The van der Waals surface area contributed by atoms with E-state index in [4.69, 9.17) is 5.11 Å². The van der Waals surface area contributed by atoms with Crippen molar-refractivity contribution in [3.63, 3.8) is 0 Å². The summed E-state index contributed by atoms with van der Waals surface area (Å²) in [5, 5.41) is 14.8. The monoisotopic (exact) mass is 312 g/mol. The van der Waals surface area contributed by atoms with Crippen LogP contribution in [-0.2, 0) is 4.79 Å². The molecule has 2 atom stereocenters. The van der Waals surface area contributed by atoms with E-state index in [9.17, 15) is 4.79 Å². The summed E-state index contributed by atoms with van der Waals surface area (Å²) in [5.41, 5.74) is 0.949. The molecular weight excluding hydrogens is 296 g/mol. The Hall–Kier alpha value is -1.36. The SMILES string of the molecule is CC.O=C(O)C1C=NN(c2ccccc2)C(Br)C1.